The number of rotatable bonds is 3. The van der Waals surface area contributed by atoms with Crippen molar-refractivity contribution >= 4 is 5.91 Å². The van der Waals surface area contributed by atoms with Crippen LogP contribution in [0.25, 0.3) is 0 Å². The second-order valence-corrected chi connectivity index (χ2v) is 6.96. The highest BCUT2D eigenvalue weighted by Crippen LogP contribution is 2.22. The first kappa shape index (κ1) is 16.2. The Morgan fingerprint density at radius 3 is 3.12 bits per heavy atom. The van der Waals surface area contributed by atoms with E-state index in [4.69, 9.17) is 0 Å². The first-order valence-electron chi connectivity index (χ1n) is 8.92. The fourth-order valence-electron chi connectivity index (χ4n) is 3.79. The topological polar surface area (TPSA) is 45.2 Å². The lowest BCUT2D eigenvalue weighted by Crippen LogP contribution is -2.36. The summed E-state index contributed by atoms with van der Waals surface area (Å²) in [6.07, 6.45) is 4.52. The van der Waals surface area contributed by atoms with Crippen molar-refractivity contribution in [2.75, 3.05) is 19.6 Å². The number of hydrogen-bond donors (Lipinski definition) is 1. The Labute approximate surface area is 147 Å². The molecule has 0 spiro atoms. The van der Waals surface area contributed by atoms with Gasteiger partial charge in [0.15, 0.2) is 0 Å². The first-order chi connectivity index (χ1) is 12.2. The lowest BCUT2D eigenvalue weighted by atomic mass is 9.96. The highest BCUT2D eigenvalue weighted by atomic mass is 19.1. The molecular formula is C20H22FN3O. The van der Waals surface area contributed by atoms with Crippen LogP contribution in [0, 0.1) is 11.7 Å². The molecule has 1 fully saturated rings. The van der Waals surface area contributed by atoms with E-state index in [0.717, 1.165) is 49.2 Å². The van der Waals surface area contributed by atoms with E-state index >= 15 is 0 Å². The molecule has 1 amide bonds. The molecule has 1 atom stereocenters. The standard InChI is InChI=1S/C20H22FN3O/c21-18-4-3-14(10-15-5-8-22-12-15)11-17(18)20(25)24-9-6-19-16(13-24)2-1-7-23-19/h1-4,7,11,15,22H,5-6,8-10,12-13H2. The van der Waals surface area contributed by atoms with Gasteiger partial charge < -0.3 is 10.2 Å². The van der Waals surface area contributed by atoms with Gasteiger partial charge in [-0.3, -0.25) is 9.78 Å². The van der Waals surface area contributed by atoms with Crippen molar-refractivity contribution in [3.05, 3.63) is 64.7 Å². The molecular weight excluding hydrogens is 317 g/mol. The number of carbonyl (C=O) groups is 1. The molecule has 4 rings (SSSR count). The van der Waals surface area contributed by atoms with Crippen molar-refractivity contribution in [2.24, 2.45) is 5.92 Å². The third-order valence-electron chi connectivity index (χ3n) is 5.20. The van der Waals surface area contributed by atoms with Crippen molar-refractivity contribution in [3.63, 3.8) is 0 Å². The smallest absolute Gasteiger partial charge is 0.257 e. The van der Waals surface area contributed by atoms with Gasteiger partial charge in [0.05, 0.1) is 5.56 Å². The minimum atomic E-state index is -0.435. The summed E-state index contributed by atoms with van der Waals surface area (Å²) in [5.41, 5.74) is 3.32. The predicted octanol–water partition coefficient (Wildman–Crippen LogP) is 2.57. The fourth-order valence-corrected chi connectivity index (χ4v) is 3.79. The van der Waals surface area contributed by atoms with Crippen molar-refractivity contribution in [1.82, 2.24) is 15.2 Å². The molecule has 5 heteroatoms. The second-order valence-electron chi connectivity index (χ2n) is 6.96. The van der Waals surface area contributed by atoms with E-state index in [2.05, 4.69) is 10.3 Å². The van der Waals surface area contributed by atoms with E-state index in [1.54, 1.807) is 23.2 Å². The van der Waals surface area contributed by atoms with Gasteiger partial charge in [-0.2, -0.15) is 0 Å². The average molecular weight is 339 g/mol. The van der Waals surface area contributed by atoms with Gasteiger partial charge in [-0.1, -0.05) is 12.1 Å². The number of fused-ring (bicyclic) bond motifs is 1. The number of nitrogens with zero attached hydrogens (tertiary/aromatic N) is 2. The van der Waals surface area contributed by atoms with E-state index in [-0.39, 0.29) is 11.5 Å². The van der Waals surface area contributed by atoms with E-state index in [1.807, 2.05) is 12.1 Å². The molecule has 0 aliphatic carbocycles. The summed E-state index contributed by atoms with van der Waals surface area (Å²) in [5.74, 6) is -0.0879. The Morgan fingerprint density at radius 2 is 2.28 bits per heavy atom. The molecule has 0 radical (unpaired) electrons. The van der Waals surface area contributed by atoms with Gasteiger partial charge in [-0.05, 0) is 61.2 Å². The molecule has 1 aromatic carbocycles. The lowest BCUT2D eigenvalue weighted by molar-refractivity contribution is 0.0728. The number of halogens is 1. The van der Waals surface area contributed by atoms with Crippen LogP contribution in [0.3, 0.4) is 0 Å². The van der Waals surface area contributed by atoms with Crippen LogP contribution in [0.4, 0.5) is 4.39 Å². The lowest BCUT2D eigenvalue weighted by Gasteiger charge is -2.28. The number of pyridine rings is 1. The average Bonchev–Trinajstić information content (AvgIpc) is 3.15. The monoisotopic (exact) mass is 339 g/mol. The van der Waals surface area contributed by atoms with Crippen molar-refractivity contribution in [2.45, 2.75) is 25.8 Å². The zero-order valence-electron chi connectivity index (χ0n) is 14.2. The number of carbonyl (C=O) groups excluding carboxylic acids is 1. The molecule has 1 aromatic heterocycles. The molecule has 3 heterocycles. The second kappa shape index (κ2) is 6.92. The van der Waals surface area contributed by atoms with Crippen molar-refractivity contribution < 1.29 is 9.18 Å². The number of aromatic nitrogens is 1. The van der Waals surface area contributed by atoms with Crippen LogP contribution >= 0.6 is 0 Å². The van der Waals surface area contributed by atoms with Gasteiger partial charge in [0.25, 0.3) is 5.91 Å². The Bertz CT molecular complexity index is 786. The van der Waals surface area contributed by atoms with Gasteiger partial charge in [0.2, 0.25) is 0 Å². The summed E-state index contributed by atoms with van der Waals surface area (Å²) in [5, 5.41) is 3.35. The van der Waals surface area contributed by atoms with E-state index in [0.29, 0.717) is 19.0 Å². The number of nitrogens with one attached hydrogen (secondary N) is 1. The maximum absolute atomic E-state index is 14.3. The largest absolute Gasteiger partial charge is 0.334 e. The van der Waals surface area contributed by atoms with Crippen LogP contribution in [0.5, 0.6) is 0 Å². The van der Waals surface area contributed by atoms with E-state index < -0.39 is 5.82 Å². The SMILES string of the molecule is O=C(c1cc(CC2CCNC2)ccc1F)N1CCc2ncccc2C1. The summed E-state index contributed by atoms with van der Waals surface area (Å²) in [6.45, 7) is 3.12. The molecule has 1 N–H and O–H groups in total. The van der Waals surface area contributed by atoms with E-state index in [1.165, 1.54) is 6.07 Å². The molecule has 0 saturated carbocycles. The van der Waals surface area contributed by atoms with Crippen LogP contribution in [-0.2, 0) is 19.4 Å². The van der Waals surface area contributed by atoms with Crippen LogP contribution in [0.1, 0.15) is 33.6 Å². The van der Waals surface area contributed by atoms with Crippen molar-refractivity contribution in [3.8, 4) is 0 Å². The number of benzene rings is 1. The molecule has 1 unspecified atom stereocenters. The minimum Gasteiger partial charge on any atom is -0.334 e. The van der Waals surface area contributed by atoms with Crippen molar-refractivity contribution in [1.29, 1.82) is 0 Å². The molecule has 0 bridgehead atoms. The third kappa shape index (κ3) is 3.42. The summed E-state index contributed by atoms with van der Waals surface area (Å²) in [6, 6.07) is 8.85. The summed E-state index contributed by atoms with van der Waals surface area (Å²) < 4.78 is 14.3. The third-order valence-corrected chi connectivity index (χ3v) is 5.20. The molecule has 4 nitrogen and oxygen atoms in total. The highest BCUT2D eigenvalue weighted by molar-refractivity contribution is 5.94. The molecule has 2 aliphatic rings. The fraction of sp³-hybridized carbons (Fsp3) is 0.400. The van der Waals surface area contributed by atoms with Crippen LogP contribution < -0.4 is 5.32 Å². The zero-order valence-corrected chi connectivity index (χ0v) is 14.2. The van der Waals surface area contributed by atoms with Crippen LogP contribution in [-0.4, -0.2) is 35.4 Å². The summed E-state index contributed by atoms with van der Waals surface area (Å²) >= 11 is 0. The molecule has 2 aromatic rings. The zero-order chi connectivity index (χ0) is 17.2. The molecule has 1 saturated heterocycles. The van der Waals surface area contributed by atoms with E-state index in [9.17, 15) is 9.18 Å². The van der Waals surface area contributed by atoms with Gasteiger partial charge in [0.1, 0.15) is 5.82 Å². The maximum atomic E-state index is 14.3. The Kier molecular flexibility index (Phi) is 4.49. The minimum absolute atomic E-state index is 0.191. The quantitative estimate of drug-likeness (QED) is 0.935. The van der Waals surface area contributed by atoms with Gasteiger partial charge in [-0.15, -0.1) is 0 Å². The van der Waals surface area contributed by atoms with Gasteiger partial charge in [0, 0.05) is 31.4 Å². The van der Waals surface area contributed by atoms with Crippen LogP contribution in [0.2, 0.25) is 0 Å². The number of hydrogen-bond acceptors (Lipinski definition) is 3. The molecule has 2 aliphatic heterocycles. The Balaban J connectivity index is 1.53. The first-order valence-corrected chi connectivity index (χ1v) is 8.92. The summed E-state index contributed by atoms with van der Waals surface area (Å²) in [7, 11) is 0. The Morgan fingerprint density at radius 1 is 1.36 bits per heavy atom. The van der Waals surface area contributed by atoms with Crippen LogP contribution in [0.15, 0.2) is 36.5 Å². The van der Waals surface area contributed by atoms with Gasteiger partial charge >= 0.3 is 0 Å². The maximum Gasteiger partial charge on any atom is 0.257 e. The highest BCUT2D eigenvalue weighted by Gasteiger charge is 2.25. The number of amides is 1. The predicted molar refractivity (Wildman–Crippen MR) is 93.8 cm³/mol. The van der Waals surface area contributed by atoms with Gasteiger partial charge in [-0.25, -0.2) is 4.39 Å². The summed E-state index contributed by atoms with van der Waals surface area (Å²) in [4.78, 5) is 19.0. The Hall–Kier alpha value is -2.27. The normalized spacial score (nSPS) is 19.7. The molecule has 130 valence electrons. The molecule has 25 heavy (non-hydrogen) atoms.